The summed E-state index contributed by atoms with van der Waals surface area (Å²) in [4.78, 5) is 15.6. The van der Waals surface area contributed by atoms with E-state index in [2.05, 4.69) is 10.3 Å². The monoisotopic (exact) mass is 298 g/mol. The summed E-state index contributed by atoms with van der Waals surface area (Å²) >= 11 is 5.99. The first kappa shape index (κ1) is 13.7. The molecule has 2 N–H and O–H groups in total. The Bertz CT molecular complexity index is 794. The molecule has 1 aromatic heterocycles. The van der Waals surface area contributed by atoms with Gasteiger partial charge in [0.2, 0.25) is 0 Å². The summed E-state index contributed by atoms with van der Waals surface area (Å²) in [7, 11) is 0. The number of aromatic amines is 1. The van der Waals surface area contributed by atoms with Crippen molar-refractivity contribution in [2.24, 2.45) is 0 Å². The van der Waals surface area contributed by atoms with Crippen LogP contribution in [0.4, 0.5) is 0 Å². The first-order valence-corrected chi connectivity index (χ1v) is 7.15. The number of carbonyl (C=O) groups is 1. The van der Waals surface area contributed by atoms with Crippen molar-refractivity contribution in [1.29, 1.82) is 0 Å². The van der Waals surface area contributed by atoms with E-state index in [1.54, 1.807) is 0 Å². The van der Waals surface area contributed by atoms with Crippen molar-refractivity contribution in [3.05, 3.63) is 70.9 Å². The molecule has 1 atom stereocenters. The second kappa shape index (κ2) is 5.62. The predicted molar refractivity (Wildman–Crippen MR) is 85.6 cm³/mol. The molecule has 0 aliphatic rings. The minimum absolute atomic E-state index is 0.101. The number of benzene rings is 2. The zero-order chi connectivity index (χ0) is 14.8. The summed E-state index contributed by atoms with van der Waals surface area (Å²) in [6.45, 7) is 1.94. The Morgan fingerprint density at radius 2 is 2.00 bits per heavy atom. The number of carbonyl (C=O) groups excluding carboxylic acids is 1. The van der Waals surface area contributed by atoms with Crippen LogP contribution in [0.1, 0.15) is 28.9 Å². The third-order valence-electron chi connectivity index (χ3n) is 3.53. The molecule has 1 unspecified atom stereocenters. The lowest BCUT2D eigenvalue weighted by atomic mass is 10.1. The number of halogens is 1. The number of amides is 1. The van der Waals surface area contributed by atoms with Crippen LogP contribution in [-0.4, -0.2) is 10.9 Å². The minimum atomic E-state index is -0.110. The van der Waals surface area contributed by atoms with Gasteiger partial charge < -0.3 is 10.3 Å². The van der Waals surface area contributed by atoms with Gasteiger partial charge in [0.05, 0.1) is 17.1 Å². The summed E-state index contributed by atoms with van der Waals surface area (Å²) in [5.41, 5.74) is 2.48. The van der Waals surface area contributed by atoms with Gasteiger partial charge in [-0.1, -0.05) is 35.9 Å². The molecule has 0 saturated heterocycles. The van der Waals surface area contributed by atoms with E-state index in [4.69, 9.17) is 11.6 Å². The highest BCUT2D eigenvalue weighted by Crippen LogP contribution is 2.20. The SMILES string of the molecule is CC(NC(=O)c1cccc2cc[nH]c12)c1cccc(Cl)c1. The van der Waals surface area contributed by atoms with E-state index in [1.165, 1.54) is 0 Å². The Balaban J connectivity index is 1.85. The molecule has 1 amide bonds. The maximum Gasteiger partial charge on any atom is 0.253 e. The standard InChI is InChI=1S/C17H15ClN2O/c1-11(13-5-2-6-14(18)10-13)20-17(21)15-7-3-4-12-8-9-19-16(12)15/h2-11,19H,1H3,(H,20,21). The van der Waals surface area contributed by atoms with Crippen molar-refractivity contribution in [2.45, 2.75) is 13.0 Å². The van der Waals surface area contributed by atoms with Gasteiger partial charge in [-0.2, -0.15) is 0 Å². The van der Waals surface area contributed by atoms with Crippen LogP contribution in [0.25, 0.3) is 10.9 Å². The first-order valence-electron chi connectivity index (χ1n) is 6.77. The molecule has 0 fully saturated rings. The number of rotatable bonds is 3. The molecule has 0 radical (unpaired) electrons. The number of hydrogen-bond donors (Lipinski definition) is 2. The quantitative estimate of drug-likeness (QED) is 0.743. The normalized spacial score (nSPS) is 12.3. The van der Waals surface area contributed by atoms with Gasteiger partial charge in [0.1, 0.15) is 0 Å². The van der Waals surface area contributed by atoms with Gasteiger partial charge in [-0.15, -0.1) is 0 Å². The van der Waals surface area contributed by atoms with E-state index in [9.17, 15) is 4.79 Å². The molecule has 106 valence electrons. The molecule has 0 saturated carbocycles. The lowest BCUT2D eigenvalue weighted by Crippen LogP contribution is -2.26. The maximum atomic E-state index is 12.5. The van der Waals surface area contributed by atoms with E-state index in [0.717, 1.165) is 16.5 Å². The fourth-order valence-electron chi connectivity index (χ4n) is 2.41. The number of fused-ring (bicyclic) bond motifs is 1. The molecular weight excluding hydrogens is 284 g/mol. The van der Waals surface area contributed by atoms with Crippen molar-refractivity contribution in [3.63, 3.8) is 0 Å². The molecule has 0 aliphatic carbocycles. The first-order chi connectivity index (χ1) is 10.1. The van der Waals surface area contributed by atoms with Crippen molar-refractivity contribution in [3.8, 4) is 0 Å². The summed E-state index contributed by atoms with van der Waals surface area (Å²) in [5.74, 6) is -0.101. The predicted octanol–water partition coefficient (Wildman–Crippen LogP) is 4.31. The van der Waals surface area contributed by atoms with Gasteiger partial charge in [-0.3, -0.25) is 4.79 Å². The number of para-hydroxylation sites is 1. The minimum Gasteiger partial charge on any atom is -0.361 e. The largest absolute Gasteiger partial charge is 0.361 e. The average molecular weight is 299 g/mol. The Kier molecular flexibility index (Phi) is 3.67. The molecule has 0 spiro atoms. The van der Waals surface area contributed by atoms with Gasteiger partial charge >= 0.3 is 0 Å². The van der Waals surface area contributed by atoms with Crippen LogP contribution >= 0.6 is 11.6 Å². The third kappa shape index (κ3) is 2.78. The molecule has 4 heteroatoms. The van der Waals surface area contributed by atoms with Gasteiger partial charge in [0, 0.05) is 16.6 Å². The Hall–Kier alpha value is -2.26. The van der Waals surface area contributed by atoms with Gasteiger partial charge in [-0.25, -0.2) is 0 Å². The van der Waals surface area contributed by atoms with Crippen molar-refractivity contribution in [2.75, 3.05) is 0 Å². The molecule has 0 bridgehead atoms. The highest BCUT2D eigenvalue weighted by Gasteiger charge is 2.14. The molecule has 3 rings (SSSR count). The molecule has 2 aromatic carbocycles. The van der Waals surface area contributed by atoms with Gasteiger partial charge in [0.15, 0.2) is 0 Å². The van der Waals surface area contributed by atoms with Crippen LogP contribution in [0.3, 0.4) is 0 Å². The van der Waals surface area contributed by atoms with Gasteiger partial charge in [0.25, 0.3) is 5.91 Å². The second-order valence-corrected chi connectivity index (χ2v) is 5.43. The van der Waals surface area contributed by atoms with Crippen molar-refractivity contribution >= 4 is 28.4 Å². The van der Waals surface area contributed by atoms with Crippen LogP contribution < -0.4 is 5.32 Å². The van der Waals surface area contributed by atoms with Crippen LogP contribution in [0.15, 0.2) is 54.7 Å². The zero-order valence-corrected chi connectivity index (χ0v) is 12.3. The Morgan fingerprint density at radius 1 is 1.19 bits per heavy atom. The molecule has 0 aliphatic heterocycles. The number of hydrogen-bond acceptors (Lipinski definition) is 1. The summed E-state index contributed by atoms with van der Waals surface area (Å²) < 4.78 is 0. The van der Waals surface area contributed by atoms with Crippen LogP contribution in [0.5, 0.6) is 0 Å². The van der Waals surface area contributed by atoms with Crippen LogP contribution in [0, 0.1) is 0 Å². The average Bonchev–Trinajstić information content (AvgIpc) is 2.95. The smallest absolute Gasteiger partial charge is 0.253 e. The summed E-state index contributed by atoms with van der Waals surface area (Å²) in [5, 5.41) is 4.70. The third-order valence-corrected chi connectivity index (χ3v) is 3.76. The second-order valence-electron chi connectivity index (χ2n) is 5.00. The van der Waals surface area contributed by atoms with Crippen LogP contribution in [0.2, 0.25) is 5.02 Å². The van der Waals surface area contributed by atoms with Crippen molar-refractivity contribution in [1.82, 2.24) is 10.3 Å². The van der Waals surface area contributed by atoms with Crippen molar-refractivity contribution < 1.29 is 4.79 Å². The fourth-order valence-corrected chi connectivity index (χ4v) is 2.61. The molecular formula is C17H15ClN2O. The molecule has 3 nitrogen and oxygen atoms in total. The lowest BCUT2D eigenvalue weighted by Gasteiger charge is -2.15. The number of aromatic nitrogens is 1. The van der Waals surface area contributed by atoms with Crippen LogP contribution in [-0.2, 0) is 0 Å². The van der Waals surface area contributed by atoms with E-state index < -0.39 is 0 Å². The van der Waals surface area contributed by atoms with E-state index in [0.29, 0.717) is 10.6 Å². The highest BCUT2D eigenvalue weighted by atomic mass is 35.5. The highest BCUT2D eigenvalue weighted by molar-refractivity contribution is 6.30. The Labute approximate surface area is 127 Å². The lowest BCUT2D eigenvalue weighted by molar-refractivity contribution is 0.0941. The zero-order valence-electron chi connectivity index (χ0n) is 11.6. The van der Waals surface area contributed by atoms with E-state index in [1.807, 2.05) is 61.7 Å². The molecule has 3 aromatic rings. The molecule has 21 heavy (non-hydrogen) atoms. The molecule has 1 heterocycles. The number of nitrogens with one attached hydrogen (secondary N) is 2. The van der Waals surface area contributed by atoms with Gasteiger partial charge in [-0.05, 0) is 36.8 Å². The summed E-state index contributed by atoms with van der Waals surface area (Å²) in [6, 6.07) is 15.0. The fraction of sp³-hybridized carbons (Fsp3) is 0.118. The maximum absolute atomic E-state index is 12.5. The number of H-pyrrole nitrogens is 1. The summed E-state index contributed by atoms with van der Waals surface area (Å²) in [6.07, 6.45) is 1.84. The Morgan fingerprint density at radius 3 is 2.81 bits per heavy atom. The topological polar surface area (TPSA) is 44.9 Å². The van der Waals surface area contributed by atoms with E-state index in [-0.39, 0.29) is 11.9 Å². The van der Waals surface area contributed by atoms with E-state index >= 15 is 0 Å².